The van der Waals surface area contributed by atoms with Crippen LogP contribution in [-0.2, 0) is 16.6 Å². The van der Waals surface area contributed by atoms with Gasteiger partial charge in [0.1, 0.15) is 0 Å². The van der Waals surface area contributed by atoms with Crippen LogP contribution in [0.15, 0.2) is 54.9 Å². The van der Waals surface area contributed by atoms with Gasteiger partial charge < -0.3 is 10.3 Å². The Bertz CT molecular complexity index is 1090. The summed E-state index contributed by atoms with van der Waals surface area (Å²) >= 11 is 0. The smallest absolute Gasteiger partial charge is 0.211 e. The number of hydrogen-bond donors (Lipinski definition) is 2. The highest BCUT2D eigenvalue weighted by molar-refractivity contribution is 7.88. The number of ketones is 1. The zero-order chi connectivity index (χ0) is 19.0. The second kappa shape index (κ2) is 6.64. The molecule has 3 aromatic rings. The standard InChI is InChI=1S/C19H18N4O3S/c1-27(25,26)23-11-15-17(16(24)12-23)19(21-14-5-3-2-4-6-14)18(22-15)13-7-9-20-10-8-13/h2-10,21-22H,11-12H2,1H3. The van der Waals surface area contributed by atoms with Gasteiger partial charge in [0.2, 0.25) is 10.0 Å². The molecule has 1 aliphatic heterocycles. The number of hydrogen-bond acceptors (Lipinski definition) is 5. The van der Waals surface area contributed by atoms with E-state index in [9.17, 15) is 13.2 Å². The zero-order valence-electron chi connectivity index (χ0n) is 14.6. The van der Waals surface area contributed by atoms with Gasteiger partial charge in [-0.15, -0.1) is 0 Å². The number of nitrogens with zero attached hydrogens (tertiary/aromatic N) is 2. The fourth-order valence-electron chi connectivity index (χ4n) is 3.21. The Balaban J connectivity index is 1.86. The molecule has 0 fully saturated rings. The van der Waals surface area contributed by atoms with Crippen molar-refractivity contribution in [1.82, 2.24) is 14.3 Å². The molecule has 2 N–H and O–H groups in total. The first-order valence-electron chi connectivity index (χ1n) is 8.39. The van der Waals surface area contributed by atoms with E-state index in [0.717, 1.165) is 23.2 Å². The van der Waals surface area contributed by atoms with Crippen molar-refractivity contribution < 1.29 is 13.2 Å². The minimum absolute atomic E-state index is 0.133. The average Bonchev–Trinajstić information content (AvgIpc) is 3.01. The third-order valence-electron chi connectivity index (χ3n) is 4.49. The second-order valence-corrected chi connectivity index (χ2v) is 8.39. The summed E-state index contributed by atoms with van der Waals surface area (Å²) in [6.07, 6.45) is 4.46. The molecule has 0 atom stereocenters. The van der Waals surface area contributed by atoms with E-state index in [2.05, 4.69) is 15.3 Å². The number of Topliss-reactive ketones (excluding diaryl/α,β-unsaturated/α-hetero) is 1. The number of sulfonamides is 1. The summed E-state index contributed by atoms with van der Waals surface area (Å²) < 4.78 is 25.0. The van der Waals surface area contributed by atoms with Crippen LogP contribution < -0.4 is 5.32 Å². The van der Waals surface area contributed by atoms with Crippen LogP contribution >= 0.6 is 0 Å². The van der Waals surface area contributed by atoms with Crippen molar-refractivity contribution in [3.8, 4) is 11.3 Å². The third kappa shape index (κ3) is 3.36. The minimum atomic E-state index is -3.47. The monoisotopic (exact) mass is 382 g/mol. The second-order valence-electron chi connectivity index (χ2n) is 6.41. The summed E-state index contributed by atoms with van der Waals surface area (Å²) in [7, 11) is -3.47. The van der Waals surface area contributed by atoms with Crippen molar-refractivity contribution in [3.63, 3.8) is 0 Å². The van der Waals surface area contributed by atoms with Crippen molar-refractivity contribution in [2.24, 2.45) is 0 Å². The number of H-pyrrole nitrogens is 1. The summed E-state index contributed by atoms with van der Waals surface area (Å²) in [6, 6.07) is 13.2. The van der Waals surface area contributed by atoms with Crippen molar-refractivity contribution in [2.75, 3.05) is 18.1 Å². The molecular formula is C19H18N4O3S. The van der Waals surface area contributed by atoms with Gasteiger partial charge >= 0.3 is 0 Å². The Morgan fingerprint density at radius 2 is 1.78 bits per heavy atom. The maximum absolute atomic E-state index is 12.8. The number of rotatable bonds is 4. The molecule has 3 heterocycles. The maximum Gasteiger partial charge on any atom is 0.211 e. The molecule has 1 aromatic carbocycles. The number of benzene rings is 1. The van der Waals surface area contributed by atoms with Crippen LogP contribution in [0.25, 0.3) is 11.3 Å². The SMILES string of the molecule is CS(=O)(=O)N1CC(=O)c2c([nH]c(-c3ccncc3)c2Nc2ccccc2)C1. The average molecular weight is 382 g/mol. The molecule has 138 valence electrons. The first-order chi connectivity index (χ1) is 12.9. The van der Waals surface area contributed by atoms with Crippen LogP contribution in [0.5, 0.6) is 0 Å². The highest BCUT2D eigenvalue weighted by Gasteiger charge is 2.34. The molecule has 4 rings (SSSR count). The largest absolute Gasteiger partial charge is 0.355 e. The number of aromatic nitrogens is 2. The molecule has 7 nitrogen and oxygen atoms in total. The molecular weight excluding hydrogens is 364 g/mol. The van der Waals surface area contributed by atoms with Crippen molar-refractivity contribution in [2.45, 2.75) is 6.54 Å². The Morgan fingerprint density at radius 1 is 1.07 bits per heavy atom. The van der Waals surface area contributed by atoms with Crippen LogP contribution in [0.1, 0.15) is 16.1 Å². The van der Waals surface area contributed by atoms with Crippen LogP contribution in [0, 0.1) is 0 Å². The van der Waals surface area contributed by atoms with E-state index in [0.29, 0.717) is 16.9 Å². The molecule has 0 aliphatic carbocycles. The molecule has 0 saturated carbocycles. The summed E-state index contributed by atoms with van der Waals surface area (Å²) in [6.45, 7) is -0.0304. The molecule has 0 saturated heterocycles. The summed E-state index contributed by atoms with van der Waals surface area (Å²) in [5.74, 6) is -0.239. The molecule has 8 heteroatoms. The Hall–Kier alpha value is -2.97. The molecule has 0 unspecified atom stereocenters. The normalized spacial score (nSPS) is 14.8. The van der Waals surface area contributed by atoms with Gasteiger partial charge in [-0.2, -0.15) is 4.31 Å². The van der Waals surface area contributed by atoms with Crippen molar-refractivity contribution in [3.05, 3.63) is 66.1 Å². The number of pyridine rings is 1. The van der Waals surface area contributed by atoms with E-state index in [4.69, 9.17) is 0 Å². The van der Waals surface area contributed by atoms with Gasteiger partial charge in [0.25, 0.3) is 0 Å². The lowest BCUT2D eigenvalue weighted by Gasteiger charge is -2.24. The summed E-state index contributed by atoms with van der Waals surface area (Å²) in [5.41, 5.74) is 4.17. The fourth-order valence-corrected chi connectivity index (χ4v) is 3.93. The van der Waals surface area contributed by atoms with Gasteiger partial charge in [-0.05, 0) is 24.3 Å². The minimum Gasteiger partial charge on any atom is -0.355 e. The lowest BCUT2D eigenvalue weighted by Crippen LogP contribution is -2.38. The Kier molecular flexibility index (Phi) is 4.29. The van der Waals surface area contributed by atoms with Gasteiger partial charge in [0.05, 0.1) is 36.3 Å². The maximum atomic E-state index is 12.8. The molecule has 2 aromatic heterocycles. The number of nitrogens with one attached hydrogen (secondary N) is 2. The van der Waals surface area contributed by atoms with Crippen molar-refractivity contribution >= 4 is 27.2 Å². The van der Waals surface area contributed by atoms with E-state index in [1.807, 2.05) is 42.5 Å². The Morgan fingerprint density at radius 3 is 2.44 bits per heavy atom. The molecule has 27 heavy (non-hydrogen) atoms. The van der Waals surface area contributed by atoms with Gasteiger partial charge in [-0.3, -0.25) is 9.78 Å². The molecule has 0 bridgehead atoms. The number of fused-ring (bicyclic) bond motifs is 1. The number of para-hydroxylation sites is 1. The van der Waals surface area contributed by atoms with E-state index < -0.39 is 10.0 Å². The molecule has 0 amide bonds. The van der Waals surface area contributed by atoms with Gasteiger partial charge in [-0.1, -0.05) is 18.2 Å². The molecule has 1 aliphatic rings. The lowest BCUT2D eigenvalue weighted by atomic mass is 10.0. The highest BCUT2D eigenvalue weighted by Crippen LogP contribution is 2.38. The number of aromatic amines is 1. The predicted molar refractivity (Wildman–Crippen MR) is 103 cm³/mol. The summed E-state index contributed by atoms with van der Waals surface area (Å²) in [5, 5.41) is 3.32. The fraction of sp³-hybridized carbons (Fsp3) is 0.158. The van der Waals surface area contributed by atoms with Crippen LogP contribution in [0.3, 0.4) is 0 Å². The zero-order valence-corrected chi connectivity index (χ0v) is 15.5. The third-order valence-corrected chi connectivity index (χ3v) is 5.69. The van der Waals surface area contributed by atoms with Gasteiger partial charge in [-0.25, -0.2) is 8.42 Å². The van der Waals surface area contributed by atoms with Crippen LogP contribution in [-0.4, -0.2) is 41.3 Å². The van der Waals surface area contributed by atoms with E-state index in [-0.39, 0.29) is 18.9 Å². The number of carbonyl (C=O) groups is 1. The lowest BCUT2D eigenvalue weighted by molar-refractivity contribution is 0.0950. The highest BCUT2D eigenvalue weighted by atomic mass is 32.2. The van der Waals surface area contributed by atoms with Gasteiger partial charge in [0, 0.05) is 29.3 Å². The van der Waals surface area contributed by atoms with Gasteiger partial charge in [0.15, 0.2) is 5.78 Å². The van der Waals surface area contributed by atoms with E-state index in [1.165, 1.54) is 4.31 Å². The Labute approximate surface area is 157 Å². The molecule has 0 radical (unpaired) electrons. The molecule has 0 spiro atoms. The van der Waals surface area contributed by atoms with Crippen LogP contribution in [0.2, 0.25) is 0 Å². The number of carbonyl (C=O) groups excluding carboxylic acids is 1. The van der Waals surface area contributed by atoms with Crippen molar-refractivity contribution in [1.29, 1.82) is 0 Å². The van der Waals surface area contributed by atoms with E-state index in [1.54, 1.807) is 12.4 Å². The first kappa shape index (κ1) is 17.4. The van der Waals surface area contributed by atoms with Crippen LogP contribution in [0.4, 0.5) is 11.4 Å². The first-order valence-corrected chi connectivity index (χ1v) is 10.2. The predicted octanol–water partition coefficient (Wildman–Crippen LogP) is 2.78. The number of anilines is 2. The van der Waals surface area contributed by atoms with E-state index >= 15 is 0 Å². The summed E-state index contributed by atoms with van der Waals surface area (Å²) in [4.78, 5) is 20.1. The quantitative estimate of drug-likeness (QED) is 0.723. The topological polar surface area (TPSA) is 95.2 Å².